The molecule has 0 heterocycles. The molecular formula is C15H15. The monoisotopic (exact) mass is 195 g/mol. The molecule has 0 bridgehead atoms. The van der Waals surface area contributed by atoms with Crippen molar-refractivity contribution in [2.24, 2.45) is 0 Å². The largest absolute Gasteiger partial charge is 0.0622 e. The minimum atomic E-state index is 1.09. The van der Waals surface area contributed by atoms with Gasteiger partial charge in [0.05, 0.1) is 0 Å². The van der Waals surface area contributed by atoms with E-state index in [-0.39, 0.29) is 0 Å². The zero-order chi connectivity index (χ0) is 10.5. The molecule has 0 unspecified atom stereocenters. The van der Waals surface area contributed by atoms with E-state index < -0.39 is 0 Å². The summed E-state index contributed by atoms with van der Waals surface area (Å²) in [6.07, 6.45) is 2.19. The highest BCUT2D eigenvalue weighted by molar-refractivity contribution is 5.26. The predicted molar refractivity (Wildman–Crippen MR) is 64.8 cm³/mol. The lowest BCUT2D eigenvalue weighted by Gasteiger charge is -2.02. The second kappa shape index (κ2) is 4.79. The maximum Gasteiger partial charge on any atom is -0.0238 e. The third kappa shape index (κ3) is 2.95. The van der Waals surface area contributed by atoms with E-state index in [1.54, 1.807) is 0 Å². The van der Waals surface area contributed by atoms with Crippen molar-refractivity contribution >= 4 is 0 Å². The van der Waals surface area contributed by atoms with E-state index >= 15 is 0 Å². The Morgan fingerprint density at radius 2 is 1.40 bits per heavy atom. The van der Waals surface area contributed by atoms with E-state index in [2.05, 4.69) is 55.5 Å². The predicted octanol–water partition coefficient (Wildman–Crippen LogP) is 3.65. The summed E-state index contributed by atoms with van der Waals surface area (Å²) in [6, 6.07) is 19.0. The second-order valence-corrected chi connectivity index (χ2v) is 3.81. The molecule has 0 fully saturated rings. The molecular weight excluding hydrogens is 180 g/mol. The highest BCUT2D eigenvalue weighted by Gasteiger charge is 1.95. The first-order chi connectivity index (χ1) is 7.34. The number of benzene rings is 2. The zero-order valence-electron chi connectivity index (χ0n) is 8.82. The van der Waals surface area contributed by atoms with E-state index in [1.165, 1.54) is 11.1 Å². The minimum absolute atomic E-state index is 1.09. The van der Waals surface area contributed by atoms with Crippen LogP contribution in [0.5, 0.6) is 0 Å². The SMILES string of the molecule is [CH2]c1cccc(CCc2ccccc2)c1. The van der Waals surface area contributed by atoms with E-state index in [1.807, 2.05) is 6.07 Å². The van der Waals surface area contributed by atoms with Crippen molar-refractivity contribution in [3.8, 4) is 0 Å². The number of aryl methyl sites for hydroxylation is 2. The van der Waals surface area contributed by atoms with E-state index in [0.717, 1.165) is 18.4 Å². The molecule has 0 aliphatic heterocycles. The van der Waals surface area contributed by atoms with Gasteiger partial charge in [-0.15, -0.1) is 0 Å². The van der Waals surface area contributed by atoms with Crippen LogP contribution in [0.15, 0.2) is 54.6 Å². The maximum atomic E-state index is 3.94. The Labute approximate surface area is 91.6 Å². The van der Waals surface area contributed by atoms with Crippen LogP contribution in [0.1, 0.15) is 16.7 Å². The van der Waals surface area contributed by atoms with Gasteiger partial charge in [-0.1, -0.05) is 54.6 Å². The summed E-state index contributed by atoms with van der Waals surface area (Å²) in [5.74, 6) is 0. The maximum absolute atomic E-state index is 3.94. The van der Waals surface area contributed by atoms with Gasteiger partial charge in [0, 0.05) is 0 Å². The van der Waals surface area contributed by atoms with Gasteiger partial charge in [0.2, 0.25) is 0 Å². The first-order valence-electron chi connectivity index (χ1n) is 5.29. The van der Waals surface area contributed by atoms with E-state index in [9.17, 15) is 0 Å². The van der Waals surface area contributed by atoms with Gasteiger partial charge in [0.15, 0.2) is 0 Å². The van der Waals surface area contributed by atoms with Gasteiger partial charge in [-0.2, -0.15) is 0 Å². The molecule has 0 amide bonds. The van der Waals surface area contributed by atoms with Gasteiger partial charge >= 0.3 is 0 Å². The summed E-state index contributed by atoms with van der Waals surface area (Å²) in [7, 11) is 0. The van der Waals surface area contributed by atoms with Gasteiger partial charge in [-0.25, -0.2) is 0 Å². The molecule has 0 atom stereocenters. The van der Waals surface area contributed by atoms with Gasteiger partial charge in [-0.05, 0) is 36.5 Å². The molecule has 0 saturated carbocycles. The summed E-state index contributed by atoms with van der Waals surface area (Å²) < 4.78 is 0. The summed E-state index contributed by atoms with van der Waals surface area (Å²) in [5.41, 5.74) is 3.86. The molecule has 0 aliphatic carbocycles. The normalized spacial score (nSPS) is 10.2. The topological polar surface area (TPSA) is 0 Å². The van der Waals surface area contributed by atoms with Crippen LogP contribution >= 0.6 is 0 Å². The van der Waals surface area contributed by atoms with Gasteiger partial charge < -0.3 is 0 Å². The van der Waals surface area contributed by atoms with Crippen LogP contribution in [0.2, 0.25) is 0 Å². The van der Waals surface area contributed by atoms with Crippen molar-refractivity contribution in [1.29, 1.82) is 0 Å². The van der Waals surface area contributed by atoms with Crippen LogP contribution in [0.4, 0.5) is 0 Å². The van der Waals surface area contributed by atoms with Crippen LogP contribution in [0.3, 0.4) is 0 Å². The highest BCUT2D eigenvalue weighted by Crippen LogP contribution is 2.08. The molecule has 0 N–H and O–H groups in total. The van der Waals surface area contributed by atoms with Gasteiger partial charge in [0.1, 0.15) is 0 Å². The third-order valence-corrected chi connectivity index (χ3v) is 2.54. The molecule has 0 saturated heterocycles. The molecule has 2 rings (SSSR count). The molecule has 2 aromatic rings. The number of hydrogen-bond donors (Lipinski definition) is 0. The molecule has 0 heteroatoms. The summed E-state index contributed by atoms with van der Waals surface area (Å²) in [4.78, 5) is 0. The summed E-state index contributed by atoms with van der Waals surface area (Å²) in [5, 5.41) is 0. The first-order valence-corrected chi connectivity index (χ1v) is 5.29. The van der Waals surface area contributed by atoms with Crippen molar-refractivity contribution < 1.29 is 0 Å². The van der Waals surface area contributed by atoms with E-state index in [4.69, 9.17) is 0 Å². The van der Waals surface area contributed by atoms with Crippen LogP contribution < -0.4 is 0 Å². The molecule has 0 nitrogen and oxygen atoms in total. The Kier molecular flexibility index (Phi) is 3.18. The number of rotatable bonds is 3. The third-order valence-electron chi connectivity index (χ3n) is 2.54. The zero-order valence-corrected chi connectivity index (χ0v) is 8.82. The lowest BCUT2D eigenvalue weighted by molar-refractivity contribution is 0.959. The standard InChI is InChI=1S/C15H15/c1-13-6-5-9-15(12-13)11-10-14-7-3-2-4-8-14/h2-9,12H,1,10-11H2. The molecule has 0 aromatic heterocycles. The molecule has 2 aromatic carbocycles. The summed E-state index contributed by atoms with van der Waals surface area (Å²) in [6.45, 7) is 3.94. The van der Waals surface area contributed by atoms with Crippen molar-refractivity contribution in [3.63, 3.8) is 0 Å². The van der Waals surface area contributed by atoms with Gasteiger partial charge in [-0.3, -0.25) is 0 Å². The van der Waals surface area contributed by atoms with Crippen molar-refractivity contribution in [2.45, 2.75) is 12.8 Å². The second-order valence-electron chi connectivity index (χ2n) is 3.81. The number of hydrogen-bond acceptors (Lipinski definition) is 0. The van der Waals surface area contributed by atoms with Crippen molar-refractivity contribution in [2.75, 3.05) is 0 Å². The molecule has 15 heavy (non-hydrogen) atoms. The smallest absolute Gasteiger partial charge is 0.0238 e. The van der Waals surface area contributed by atoms with Crippen LogP contribution in [0.25, 0.3) is 0 Å². The Bertz CT molecular complexity index is 415. The van der Waals surface area contributed by atoms with Crippen LogP contribution in [0, 0.1) is 6.92 Å². The Morgan fingerprint density at radius 1 is 0.733 bits per heavy atom. The average molecular weight is 195 g/mol. The van der Waals surface area contributed by atoms with Crippen molar-refractivity contribution in [1.82, 2.24) is 0 Å². The minimum Gasteiger partial charge on any atom is -0.0622 e. The molecule has 1 radical (unpaired) electrons. The fourth-order valence-electron chi connectivity index (χ4n) is 1.72. The van der Waals surface area contributed by atoms with Gasteiger partial charge in [0.25, 0.3) is 0 Å². The fraction of sp³-hybridized carbons (Fsp3) is 0.133. The first kappa shape index (κ1) is 9.97. The van der Waals surface area contributed by atoms with Crippen LogP contribution in [-0.4, -0.2) is 0 Å². The molecule has 0 spiro atoms. The Balaban J connectivity index is 1.99. The van der Waals surface area contributed by atoms with Crippen molar-refractivity contribution in [3.05, 3.63) is 78.2 Å². The van der Waals surface area contributed by atoms with E-state index in [0.29, 0.717) is 0 Å². The molecule has 0 aliphatic rings. The summed E-state index contributed by atoms with van der Waals surface area (Å²) >= 11 is 0. The molecule has 75 valence electrons. The lowest BCUT2D eigenvalue weighted by atomic mass is 10.0. The quantitative estimate of drug-likeness (QED) is 0.701. The average Bonchev–Trinajstić information content (AvgIpc) is 2.28. The fourth-order valence-corrected chi connectivity index (χ4v) is 1.72. The Hall–Kier alpha value is -1.56. The Morgan fingerprint density at radius 3 is 2.13 bits per heavy atom. The lowest BCUT2D eigenvalue weighted by Crippen LogP contribution is -1.91. The van der Waals surface area contributed by atoms with Crippen LogP contribution in [-0.2, 0) is 12.8 Å². The highest BCUT2D eigenvalue weighted by atomic mass is 14.0.